The van der Waals surface area contributed by atoms with Gasteiger partial charge in [0.25, 0.3) is 5.56 Å². The lowest BCUT2D eigenvalue weighted by Crippen LogP contribution is -2.47. The van der Waals surface area contributed by atoms with E-state index in [9.17, 15) is 14.4 Å². The van der Waals surface area contributed by atoms with Crippen LogP contribution in [0.5, 0.6) is 0 Å². The van der Waals surface area contributed by atoms with Crippen LogP contribution in [0.4, 0.5) is 5.69 Å². The highest BCUT2D eigenvalue weighted by Crippen LogP contribution is 2.26. The lowest BCUT2D eigenvalue weighted by Gasteiger charge is -2.36. The van der Waals surface area contributed by atoms with Gasteiger partial charge in [-0.25, -0.2) is 4.79 Å². The van der Waals surface area contributed by atoms with Gasteiger partial charge in [0.05, 0.1) is 11.4 Å². The molecule has 32 heavy (non-hydrogen) atoms. The van der Waals surface area contributed by atoms with Crippen LogP contribution in [0.3, 0.4) is 0 Å². The van der Waals surface area contributed by atoms with E-state index in [1.807, 2.05) is 44.2 Å². The molecule has 2 saturated heterocycles. The van der Waals surface area contributed by atoms with Crippen molar-refractivity contribution in [1.29, 1.82) is 0 Å². The van der Waals surface area contributed by atoms with Crippen LogP contribution in [-0.4, -0.2) is 46.1 Å². The fraction of sp³-hybridized carbons (Fsp3) is 0.560. The molecule has 0 radical (unpaired) electrons. The number of hydrogen-bond acceptors (Lipinski definition) is 4. The minimum Gasteiger partial charge on any atom is -0.366 e. The molecule has 0 bridgehead atoms. The number of carbonyl (C=O) groups is 1. The third-order valence-corrected chi connectivity index (χ3v) is 6.96. The Balaban J connectivity index is 1.60. The number of carbonyl (C=O) groups excluding carboxylic acids is 1. The summed E-state index contributed by atoms with van der Waals surface area (Å²) >= 11 is 0. The predicted molar refractivity (Wildman–Crippen MR) is 127 cm³/mol. The number of piperidine rings is 1. The zero-order chi connectivity index (χ0) is 22.7. The average Bonchev–Trinajstić information content (AvgIpc) is 3.10. The van der Waals surface area contributed by atoms with E-state index in [0.29, 0.717) is 31.0 Å². The number of nitrogens with zero attached hydrogens (tertiary/aromatic N) is 4. The Morgan fingerprint density at radius 2 is 1.56 bits per heavy atom. The van der Waals surface area contributed by atoms with Crippen LogP contribution >= 0.6 is 0 Å². The van der Waals surface area contributed by atoms with Crippen LogP contribution < -0.4 is 16.1 Å². The van der Waals surface area contributed by atoms with Crippen molar-refractivity contribution >= 4 is 11.6 Å². The van der Waals surface area contributed by atoms with Crippen molar-refractivity contribution in [2.24, 2.45) is 5.92 Å². The first-order chi connectivity index (χ1) is 15.5. The number of likely N-dealkylation sites (tertiary alicyclic amines) is 1. The van der Waals surface area contributed by atoms with Gasteiger partial charge in [-0.05, 0) is 51.7 Å². The standard InChI is InChI=1S/C25H34N4O3/c1-3-28-24(31)22(19(2)29(25(28)32)21-11-7-6-8-12-21)26-17-13-20(14-18-26)23(30)27-15-9-4-5-10-16-27/h6-8,11-12,20H,3-5,9-10,13-18H2,1-2H3. The molecule has 2 aliphatic rings. The van der Waals surface area contributed by atoms with Crippen molar-refractivity contribution in [3.63, 3.8) is 0 Å². The van der Waals surface area contributed by atoms with Crippen molar-refractivity contribution in [2.75, 3.05) is 31.1 Å². The second kappa shape index (κ2) is 9.76. The van der Waals surface area contributed by atoms with Gasteiger partial charge in [-0.3, -0.25) is 18.7 Å². The maximum Gasteiger partial charge on any atom is 0.335 e. The van der Waals surface area contributed by atoms with E-state index in [2.05, 4.69) is 9.80 Å². The Hall–Kier alpha value is -2.83. The lowest BCUT2D eigenvalue weighted by molar-refractivity contribution is -0.136. The number of aromatic nitrogens is 2. The first-order valence-electron chi connectivity index (χ1n) is 12.0. The van der Waals surface area contributed by atoms with Crippen LogP contribution in [0.1, 0.15) is 51.1 Å². The molecule has 1 amide bonds. The Kier molecular flexibility index (Phi) is 6.82. The average molecular weight is 439 g/mol. The van der Waals surface area contributed by atoms with Crippen molar-refractivity contribution in [3.8, 4) is 5.69 Å². The molecule has 4 rings (SSSR count). The molecule has 7 heteroatoms. The summed E-state index contributed by atoms with van der Waals surface area (Å²) in [6.07, 6.45) is 6.10. The highest BCUT2D eigenvalue weighted by atomic mass is 16.2. The van der Waals surface area contributed by atoms with Crippen molar-refractivity contribution in [1.82, 2.24) is 14.0 Å². The molecule has 0 spiro atoms. The van der Waals surface area contributed by atoms with Gasteiger partial charge in [0, 0.05) is 38.6 Å². The van der Waals surface area contributed by atoms with Crippen LogP contribution in [0.2, 0.25) is 0 Å². The molecule has 3 heterocycles. The van der Waals surface area contributed by atoms with Crippen LogP contribution in [0.25, 0.3) is 5.69 Å². The highest BCUT2D eigenvalue weighted by Gasteiger charge is 2.31. The fourth-order valence-corrected chi connectivity index (χ4v) is 5.16. The zero-order valence-corrected chi connectivity index (χ0v) is 19.3. The predicted octanol–water partition coefficient (Wildman–Crippen LogP) is 2.95. The van der Waals surface area contributed by atoms with Gasteiger partial charge in [-0.15, -0.1) is 0 Å². The van der Waals surface area contributed by atoms with Crippen molar-refractivity contribution < 1.29 is 4.79 Å². The van der Waals surface area contributed by atoms with E-state index < -0.39 is 0 Å². The maximum atomic E-state index is 13.3. The van der Waals surface area contributed by atoms with Gasteiger partial charge in [0.1, 0.15) is 5.69 Å². The monoisotopic (exact) mass is 438 g/mol. The third kappa shape index (κ3) is 4.25. The van der Waals surface area contributed by atoms with Gasteiger partial charge in [0.2, 0.25) is 5.91 Å². The van der Waals surface area contributed by atoms with E-state index in [1.54, 1.807) is 4.57 Å². The lowest BCUT2D eigenvalue weighted by atomic mass is 9.94. The Morgan fingerprint density at radius 3 is 2.16 bits per heavy atom. The summed E-state index contributed by atoms with van der Waals surface area (Å²) in [5, 5.41) is 0. The van der Waals surface area contributed by atoms with Crippen molar-refractivity contribution in [2.45, 2.75) is 58.9 Å². The third-order valence-electron chi connectivity index (χ3n) is 6.96. The fourth-order valence-electron chi connectivity index (χ4n) is 5.16. The largest absolute Gasteiger partial charge is 0.366 e. The van der Waals surface area contributed by atoms with E-state index in [4.69, 9.17) is 0 Å². The molecule has 2 aliphatic heterocycles. The van der Waals surface area contributed by atoms with Gasteiger partial charge < -0.3 is 9.80 Å². The summed E-state index contributed by atoms with van der Waals surface area (Å²) in [6, 6.07) is 9.46. The highest BCUT2D eigenvalue weighted by molar-refractivity contribution is 5.79. The van der Waals surface area contributed by atoms with E-state index in [-0.39, 0.29) is 23.1 Å². The van der Waals surface area contributed by atoms with E-state index in [0.717, 1.165) is 44.5 Å². The molecule has 0 N–H and O–H groups in total. The molecule has 2 fully saturated rings. The normalized spacial score (nSPS) is 17.9. The first-order valence-corrected chi connectivity index (χ1v) is 12.0. The van der Waals surface area contributed by atoms with Crippen molar-refractivity contribution in [3.05, 3.63) is 56.9 Å². The number of hydrogen-bond donors (Lipinski definition) is 0. The molecule has 0 aliphatic carbocycles. The molecule has 7 nitrogen and oxygen atoms in total. The Morgan fingerprint density at radius 1 is 0.938 bits per heavy atom. The molecule has 0 saturated carbocycles. The second-order valence-electron chi connectivity index (χ2n) is 8.94. The summed E-state index contributed by atoms with van der Waals surface area (Å²) < 4.78 is 2.94. The van der Waals surface area contributed by atoms with Crippen LogP contribution in [0, 0.1) is 12.8 Å². The topological polar surface area (TPSA) is 67.6 Å². The van der Waals surface area contributed by atoms with Crippen LogP contribution in [0.15, 0.2) is 39.9 Å². The molecule has 2 aromatic rings. The minimum absolute atomic E-state index is 0.0260. The molecular weight excluding hydrogens is 404 g/mol. The second-order valence-corrected chi connectivity index (χ2v) is 8.94. The quantitative estimate of drug-likeness (QED) is 0.736. The molecule has 172 valence electrons. The Bertz CT molecular complexity index is 1060. The minimum atomic E-state index is -0.309. The van der Waals surface area contributed by atoms with E-state index in [1.165, 1.54) is 17.4 Å². The first kappa shape index (κ1) is 22.4. The number of rotatable bonds is 4. The summed E-state index contributed by atoms with van der Waals surface area (Å²) in [6.45, 7) is 7.04. The van der Waals surface area contributed by atoms with E-state index >= 15 is 0 Å². The molecular formula is C25H34N4O3. The van der Waals surface area contributed by atoms with Crippen LogP contribution in [-0.2, 0) is 11.3 Å². The zero-order valence-electron chi connectivity index (χ0n) is 19.3. The SMILES string of the molecule is CCn1c(=O)c(N2CCC(C(=O)N3CCCCCC3)CC2)c(C)n(-c2ccccc2)c1=O. The Labute approximate surface area is 189 Å². The molecule has 1 aromatic heterocycles. The van der Waals surface area contributed by atoms with Gasteiger partial charge in [-0.1, -0.05) is 31.0 Å². The summed E-state index contributed by atoms with van der Waals surface area (Å²) in [5.41, 5.74) is 1.45. The number of para-hydroxylation sites is 1. The van der Waals surface area contributed by atoms with Gasteiger partial charge >= 0.3 is 5.69 Å². The van der Waals surface area contributed by atoms with Gasteiger partial charge in [-0.2, -0.15) is 0 Å². The number of benzene rings is 1. The molecule has 0 atom stereocenters. The summed E-state index contributed by atoms with van der Waals surface area (Å²) in [4.78, 5) is 43.5. The maximum absolute atomic E-state index is 13.3. The molecule has 1 aromatic carbocycles. The molecule has 0 unspecified atom stereocenters. The summed E-state index contributed by atoms with van der Waals surface area (Å²) in [7, 11) is 0. The number of amides is 1. The van der Waals surface area contributed by atoms with Gasteiger partial charge in [0.15, 0.2) is 0 Å². The number of anilines is 1. The summed E-state index contributed by atoms with van der Waals surface area (Å²) in [5.74, 6) is 0.307. The smallest absolute Gasteiger partial charge is 0.335 e.